The van der Waals surface area contributed by atoms with E-state index < -0.39 is 5.60 Å². The molecule has 16 heavy (non-hydrogen) atoms. The van der Waals surface area contributed by atoms with E-state index >= 15 is 0 Å². The van der Waals surface area contributed by atoms with Crippen molar-refractivity contribution in [2.45, 2.75) is 47.1 Å². The van der Waals surface area contributed by atoms with Gasteiger partial charge in [0.1, 0.15) is 12.2 Å². The van der Waals surface area contributed by atoms with Crippen molar-refractivity contribution < 1.29 is 9.78 Å². The molecular weight excluding hydrogens is 200 g/mol. The van der Waals surface area contributed by atoms with Gasteiger partial charge in [0.15, 0.2) is 0 Å². The van der Waals surface area contributed by atoms with Gasteiger partial charge >= 0.3 is 0 Å². The molecular formula is C14H26O2. The lowest BCUT2D eigenvalue weighted by atomic mass is 9.62. The molecule has 0 amide bonds. The highest BCUT2D eigenvalue weighted by Gasteiger charge is 2.51. The van der Waals surface area contributed by atoms with Crippen LogP contribution in [0.4, 0.5) is 0 Å². The molecule has 0 aromatic carbocycles. The lowest BCUT2D eigenvalue weighted by molar-refractivity contribution is -0.384. The fraction of sp³-hybridized carbons (Fsp3) is 0.714. The molecule has 0 aliphatic rings. The molecule has 0 spiro atoms. The molecule has 0 aliphatic carbocycles. The molecule has 0 fully saturated rings. The van der Waals surface area contributed by atoms with E-state index in [0.29, 0.717) is 6.61 Å². The molecule has 0 aliphatic heterocycles. The van der Waals surface area contributed by atoms with E-state index in [1.807, 2.05) is 6.08 Å². The molecule has 0 aromatic heterocycles. The average molecular weight is 226 g/mol. The zero-order chi connectivity index (χ0) is 13.0. The Hall–Kier alpha value is -0.600. The quantitative estimate of drug-likeness (QED) is 0.303. The summed E-state index contributed by atoms with van der Waals surface area (Å²) in [5.74, 6) is 0. The van der Waals surface area contributed by atoms with Crippen LogP contribution in [0, 0.1) is 10.8 Å². The third-order valence-corrected chi connectivity index (χ3v) is 2.89. The molecule has 0 aromatic rings. The van der Waals surface area contributed by atoms with E-state index in [0.717, 1.165) is 0 Å². The molecule has 2 heteroatoms. The van der Waals surface area contributed by atoms with Crippen LogP contribution in [0.2, 0.25) is 0 Å². The van der Waals surface area contributed by atoms with Crippen LogP contribution in [-0.4, -0.2) is 12.2 Å². The van der Waals surface area contributed by atoms with E-state index in [1.54, 1.807) is 6.08 Å². The van der Waals surface area contributed by atoms with E-state index in [4.69, 9.17) is 9.78 Å². The molecule has 0 heterocycles. The van der Waals surface area contributed by atoms with Crippen molar-refractivity contribution in [3.63, 3.8) is 0 Å². The third-order valence-electron chi connectivity index (χ3n) is 2.89. The van der Waals surface area contributed by atoms with Crippen molar-refractivity contribution in [1.82, 2.24) is 0 Å². The molecule has 0 atom stereocenters. The number of hydrogen-bond donors (Lipinski definition) is 0. The van der Waals surface area contributed by atoms with Crippen LogP contribution in [0.15, 0.2) is 25.3 Å². The second kappa shape index (κ2) is 5.15. The molecule has 0 saturated heterocycles. The van der Waals surface area contributed by atoms with Crippen LogP contribution in [0.3, 0.4) is 0 Å². The lowest BCUT2D eigenvalue weighted by Crippen LogP contribution is -2.53. The maximum absolute atomic E-state index is 5.66. The van der Waals surface area contributed by atoms with Crippen LogP contribution in [0.1, 0.15) is 41.5 Å². The monoisotopic (exact) mass is 226 g/mol. The summed E-state index contributed by atoms with van der Waals surface area (Å²) < 4.78 is 0. The van der Waals surface area contributed by atoms with Gasteiger partial charge in [-0.05, 0) is 10.8 Å². The molecule has 0 bridgehead atoms. The topological polar surface area (TPSA) is 18.5 Å². The SMILES string of the molecule is C=CCOOC(C=C)(C(C)(C)C)C(C)(C)C. The Morgan fingerprint density at radius 3 is 1.62 bits per heavy atom. The Bertz CT molecular complexity index is 226. The second-order valence-corrected chi connectivity index (χ2v) is 6.10. The summed E-state index contributed by atoms with van der Waals surface area (Å²) in [6.07, 6.45) is 3.51. The van der Waals surface area contributed by atoms with Crippen molar-refractivity contribution in [3.8, 4) is 0 Å². The van der Waals surface area contributed by atoms with Crippen LogP contribution in [0.5, 0.6) is 0 Å². The number of rotatable bonds is 5. The Kier molecular flexibility index (Phi) is 4.96. The Labute approximate surface area is 100 Å². The maximum Gasteiger partial charge on any atom is 0.131 e. The number of hydrogen-bond acceptors (Lipinski definition) is 2. The summed E-state index contributed by atoms with van der Waals surface area (Å²) >= 11 is 0. The van der Waals surface area contributed by atoms with Gasteiger partial charge in [0, 0.05) is 0 Å². The minimum absolute atomic E-state index is 0.103. The third kappa shape index (κ3) is 2.96. The Balaban J connectivity index is 5.15. The van der Waals surface area contributed by atoms with Gasteiger partial charge in [0.2, 0.25) is 0 Å². The molecule has 0 unspecified atom stereocenters. The second-order valence-electron chi connectivity index (χ2n) is 6.10. The summed E-state index contributed by atoms with van der Waals surface area (Å²) in [6, 6.07) is 0. The normalized spacial score (nSPS) is 13.6. The standard InChI is InChI=1S/C14H26O2/c1-9-11-15-16-14(10-2,12(3,4)5)13(6,7)8/h9-10H,1-2,11H2,3-8H3. The minimum Gasteiger partial charge on any atom is -0.232 e. The van der Waals surface area contributed by atoms with Crippen molar-refractivity contribution >= 4 is 0 Å². The molecule has 0 rings (SSSR count). The van der Waals surface area contributed by atoms with E-state index in [9.17, 15) is 0 Å². The zero-order valence-corrected chi connectivity index (χ0v) is 11.6. The van der Waals surface area contributed by atoms with Gasteiger partial charge in [-0.25, -0.2) is 9.78 Å². The largest absolute Gasteiger partial charge is 0.232 e. The predicted octanol–water partition coefficient (Wildman–Crippen LogP) is 4.14. The summed E-state index contributed by atoms with van der Waals surface area (Å²) in [5, 5.41) is 0. The van der Waals surface area contributed by atoms with Gasteiger partial charge in [-0.3, -0.25) is 0 Å². The van der Waals surface area contributed by atoms with E-state index in [1.165, 1.54) is 0 Å². The molecule has 0 N–H and O–H groups in total. The van der Waals surface area contributed by atoms with Gasteiger partial charge in [-0.15, -0.1) is 13.2 Å². The van der Waals surface area contributed by atoms with E-state index in [-0.39, 0.29) is 10.8 Å². The van der Waals surface area contributed by atoms with Crippen LogP contribution in [0.25, 0.3) is 0 Å². The first kappa shape index (κ1) is 15.4. The zero-order valence-electron chi connectivity index (χ0n) is 11.6. The van der Waals surface area contributed by atoms with Gasteiger partial charge < -0.3 is 0 Å². The van der Waals surface area contributed by atoms with Crippen molar-refractivity contribution in [2.24, 2.45) is 10.8 Å². The fourth-order valence-corrected chi connectivity index (χ4v) is 2.20. The lowest BCUT2D eigenvalue weighted by Gasteiger charge is -2.49. The van der Waals surface area contributed by atoms with E-state index in [2.05, 4.69) is 54.7 Å². The Morgan fingerprint density at radius 2 is 1.38 bits per heavy atom. The maximum atomic E-state index is 5.66. The fourth-order valence-electron chi connectivity index (χ4n) is 2.20. The molecule has 0 saturated carbocycles. The van der Waals surface area contributed by atoms with Gasteiger partial charge in [0.25, 0.3) is 0 Å². The van der Waals surface area contributed by atoms with Gasteiger partial charge in [-0.1, -0.05) is 53.7 Å². The molecule has 2 nitrogen and oxygen atoms in total. The first-order valence-electron chi connectivity index (χ1n) is 5.67. The first-order chi connectivity index (χ1) is 7.12. The van der Waals surface area contributed by atoms with Gasteiger partial charge in [-0.2, -0.15) is 0 Å². The molecule has 0 radical (unpaired) electrons. The van der Waals surface area contributed by atoms with Crippen molar-refractivity contribution in [2.75, 3.05) is 6.61 Å². The summed E-state index contributed by atoms with van der Waals surface area (Å²) in [6.45, 7) is 20.6. The average Bonchev–Trinajstić information content (AvgIpc) is 2.08. The Morgan fingerprint density at radius 1 is 0.938 bits per heavy atom. The van der Waals surface area contributed by atoms with Crippen LogP contribution in [-0.2, 0) is 9.78 Å². The highest BCUT2D eigenvalue weighted by atomic mass is 17.2. The smallest absolute Gasteiger partial charge is 0.131 e. The predicted molar refractivity (Wildman–Crippen MR) is 69.1 cm³/mol. The highest BCUT2D eigenvalue weighted by Crippen LogP contribution is 2.47. The van der Waals surface area contributed by atoms with Crippen LogP contribution >= 0.6 is 0 Å². The highest BCUT2D eigenvalue weighted by molar-refractivity contribution is 5.11. The first-order valence-corrected chi connectivity index (χ1v) is 5.67. The van der Waals surface area contributed by atoms with Gasteiger partial charge in [0.05, 0.1) is 0 Å². The van der Waals surface area contributed by atoms with Crippen molar-refractivity contribution in [1.29, 1.82) is 0 Å². The molecule has 94 valence electrons. The summed E-state index contributed by atoms with van der Waals surface area (Å²) in [5.41, 5.74) is -0.745. The van der Waals surface area contributed by atoms with Crippen LogP contribution < -0.4 is 0 Å². The minimum atomic E-state index is -0.539. The summed E-state index contributed by atoms with van der Waals surface area (Å²) in [7, 11) is 0. The summed E-state index contributed by atoms with van der Waals surface area (Å²) in [4.78, 5) is 10.9. The van der Waals surface area contributed by atoms with Crippen molar-refractivity contribution in [3.05, 3.63) is 25.3 Å².